The standard InChI is InChI=1S/C20H30N4O4S/c1-2-3-9-21-19(25)15-23-10-12-24(13-11-23)20(26)16-5-4-6-18(14-16)29(27,28)22-17-7-8-17/h4-6,14,17,22H,2-3,7-13,15H2,1H3,(H,21,25). The monoisotopic (exact) mass is 422 g/mol. The summed E-state index contributed by atoms with van der Waals surface area (Å²) in [6.45, 7) is 5.38. The van der Waals surface area contributed by atoms with Crippen molar-refractivity contribution in [2.45, 2.75) is 43.5 Å². The minimum Gasteiger partial charge on any atom is -0.355 e. The molecule has 8 nitrogen and oxygen atoms in total. The number of nitrogens with zero attached hydrogens (tertiary/aromatic N) is 2. The first-order valence-electron chi connectivity index (χ1n) is 10.3. The van der Waals surface area contributed by atoms with Gasteiger partial charge in [-0.05, 0) is 37.5 Å². The molecule has 9 heteroatoms. The van der Waals surface area contributed by atoms with Crippen molar-refractivity contribution in [2.75, 3.05) is 39.3 Å². The van der Waals surface area contributed by atoms with Crippen molar-refractivity contribution in [1.82, 2.24) is 19.8 Å². The molecular weight excluding hydrogens is 392 g/mol. The highest BCUT2D eigenvalue weighted by Gasteiger charge is 2.29. The summed E-state index contributed by atoms with van der Waals surface area (Å²) in [6.07, 6.45) is 3.73. The van der Waals surface area contributed by atoms with Crippen molar-refractivity contribution in [3.63, 3.8) is 0 Å². The molecule has 1 aliphatic heterocycles. The van der Waals surface area contributed by atoms with E-state index in [4.69, 9.17) is 0 Å². The summed E-state index contributed by atoms with van der Waals surface area (Å²) in [7, 11) is -3.59. The van der Waals surface area contributed by atoms with Crippen molar-refractivity contribution in [2.24, 2.45) is 0 Å². The van der Waals surface area contributed by atoms with Gasteiger partial charge in [0.15, 0.2) is 0 Å². The Kier molecular flexibility index (Phi) is 7.26. The van der Waals surface area contributed by atoms with Crippen LogP contribution in [0.3, 0.4) is 0 Å². The van der Waals surface area contributed by atoms with Crippen LogP contribution in [-0.4, -0.2) is 75.3 Å². The van der Waals surface area contributed by atoms with Gasteiger partial charge in [-0.1, -0.05) is 19.4 Å². The Morgan fingerprint density at radius 3 is 2.52 bits per heavy atom. The topological polar surface area (TPSA) is 98.8 Å². The number of hydrogen-bond donors (Lipinski definition) is 2. The highest BCUT2D eigenvalue weighted by Crippen LogP contribution is 2.22. The Morgan fingerprint density at radius 1 is 1.14 bits per heavy atom. The number of benzene rings is 1. The summed E-state index contributed by atoms with van der Waals surface area (Å²) in [5.74, 6) is -0.167. The van der Waals surface area contributed by atoms with Gasteiger partial charge in [-0.15, -0.1) is 0 Å². The molecule has 160 valence electrons. The minimum atomic E-state index is -3.59. The minimum absolute atomic E-state index is 0.0132. The summed E-state index contributed by atoms with van der Waals surface area (Å²) in [5, 5.41) is 2.90. The first-order valence-corrected chi connectivity index (χ1v) is 11.8. The van der Waals surface area contributed by atoms with E-state index >= 15 is 0 Å². The summed E-state index contributed by atoms with van der Waals surface area (Å²) >= 11 is 0. The summed E-state index contributed by atoms with van der Waals surface area (Å²) in [6, 6.07) is 6.22. The average Bonchev–Trinajstić information content (AvgIpc) is 3.52. The maximum Gasteiger partial charge on any atom is 0.253 e. The number of sulfonamides is 1. The van der Waals surface area contributed by atoms with Crippen molar-refractivity contribution in [1.29, 1.82) is 0 Å². The van der Waals surface area contributed by atoms with Crippen molar-refractivity contribution in [3.8, 4) is 0 Å². The van der Waals surface area contributed by atoms with Crippen LogP contribution in [0.2, 0.25) is 0 Å². The number of carbonyl (C=O) groups excluding carboxylic acids is 2. The number of piperazine rings is 1. The van der Waals surface area contributed by atoms with E-state index in [0.29, 0.717) is 44.8 Å². The Hall–Kier alpha value is -1.97. The van der Waals surface area contributed by atoms with Crippen LogP contribution >= 0.6 is 0 Å². The van der Waals surface area contributed by atoms with Crippen molar-refractivity contribution in [3.05, 3.63) is 29.8 Å². The third kappa shape index (κ3) is 6.25. The van der Waals surface area contributed by atoms with Crippen LogP contribution in [0.1, 0.15) is 43.0 Å². The van der Waals surface area contributed by atoms with Gasteiger partial charge in [0, 0.05) is 44.3 Å². The van der Waals surface area contributed by atoms with E-state index < -0.39 is 10.0 Å². The molecule has 2 aliphatic rings. The number of hydrogen-bond acceptors (Lipinski definition) is 5. The zero-order valence-corrected chi connectivity index (χ0v) is 17.7. The smallest absolute Gasteiger partial charge is 0.253 e. The lowest BCUT2D eigenvalue weighted by Crippen LogP contribution is -2.51. The first-order chi connectivity index (χ1) is 13.9. The fraction of sp³-hybridized carbons (Fsp3) is 0.600. The maximum atomic E-state index is 12.8. The molecule has 2 N–H and O–H groups in total. The van der Waals surface area contributed by atoms with E-state index in [1.54, 1.807) is 17.0 Å². The van der Waals surface area contributed by atoms with Crippen LogP contribution in [0.15, 0.2) is 29.2 Å². The van der Waals surface area contributed by atoms with Gasteiger partial charge in [0.25, 0.3) is 5.91 Å². The number of unbranched alkanes of at least 4 members (excludes halogenated alkanes) is 1. The first kappa shape index (κ1) is 21.7. The fourth-order valence-corrected chi connectivity index (χ4v) is 4.59. The van der Waals surface area contributed by atoms with Crippen molar-refractivity contribution < 1.29 is 18.0 Å². The molecule has 1 saturated heterocycles. The van der Waals surface area contributed by atoms with Crippen molar-refractivity contribution >= 4 is 21.8 Å². The highest BCUT2D eigenvalue weighted by molar-refractivity contribution is 7.89. The third-order valence-corrected chi connectivity index (χ3v) is 6.69. The van der Waals surface area contributed by atoms with Gasteiger partial charge >= 0.3 is 0 Å². The molecule has 2 fully saturated rings. The molecule has 1 heterocycles. The Balaban J connectivity index is 1.53. The number of rotatable bonds is 9. The molecule has 0 atom stereocenters. The predicted octanol–water partition coefficient (Wildman–Crippen LogP) is 0.801. The lowest BCUT2D eigenvalue weighted by molar-refractivity contribution is -0.122. The molecule has 0 spiro atoms. The molecule has 29 heavy (non-hydrogen) atoms. The summed E-state index contributed by atoms with van der Waals surface area (Å²) in [5.41, 5.74) is 0.370. The van der Waals surface area contributed by atoms with Gasteiger partial charge in [0.2, 0.25) is 15.9 Å². The second-order valence-electron chi connectivity index (χ2n) is 7.70. The number of amides is 2. The molecule has 1 aromatic carbocycles. The third-order valence-electron chi connectivity index (χ3n) is 5.17. The molecule has 0 aromatic heterocycles. The largest absolute Gasteiger partial charge is 0.355 e. The number of nitrogens with one attached hydrogen (secondary N) is 2. The Labute approximate surface area is 172 Å². The van der Waals surface area contributed by atoms with Gasteiger partial charge in [-0.3, -0.25) is 14.5 Å². The van der Waals surface area contributed by atoms with Gasteiger partial charge in [0.05, 0.1) is 11.4 Å². The molecule has 3 rings (SSSR count). The normalized spacial score (nSPS) is 17.9. The highest BCUT2D eigenvalue weighted by atomic mass is 32.2. The van der Waals surface area contributed by atoms with Gasteiger partial charge < -0.3 is 10.2 Å². The van der Waals surface area contributed by atoms with E-state index in [9.17, 15) is 18.0 Å². The van der Waals surface area contributed by atoms with E-state index in [0.717, 1.165) is 25.7 Å². The predicted molar refractivity (Wildman–Crippen MR) is 110 cm³/mol. The second-order valence-corrected chi connectivity index (χ2v) is 9.41. The van der Waals surface area contributed by atoms with E-state index in [-0.39, 0.29) is 22.8 Å². The Bertz CT molecular complexity index is 831. The molecule has 1 aliphatic carbocycles. The van der Waals surface area contributed by atoms with Crippen LogP contribution < -0.4 is 10.0 Å². The fourth-order valence-electron chi connectivity index (χ4n) is 3.24. The van der Waals surface area contributed by atoms with Crippen LogP contribution in [0.4, 0.5) is 0 Å². The van der Waals surface area contributed by atoms with Crippen LogP contribution in [0, 0.1) is 0 Å². The van der Waals surface area contributed by atoms with Gasteiger partial charge in [-0.2, -0.15) is 0 Å². The van der Waals surface area contributed by atoms with E-state index in [2.05, 4.69) is 17.0 Å². The summed E-state index contributed by atoms with van der Waals surface area (Å²) < 4.78 is 27.4. The lowest BCUT2D eigenvalue weighted by atomic mass is 10.2. The zero-order valence-electron chi connectivity index (χ0n) is 16.9. The zero-order chi connectivity index (χ0) is 20.9. The van der Waals surface area contributed by atoms with Crippen LogP contribution in [0.5, 0.6) is 0 Å². The van der Waals surface area contributed by atoms with Gasteiger partial charge in [-0.25, -0.2) is 13.1 Å². The maximum absolute atomic E-state index is 12.8. The second kappa shape index (κ2) is 9.69. The molecule has 1 saturated carbocycles. The SMILES string of the molecule is CCCCNC(=O)CN1CCN(C(=O)c2cccc(S(=O)(=O)NC3CC3)c2)CC1. The lowest BCUT2D eigenvalue weighted by Gasteiger charge is -2.34. The van der Waals surface area contributed by atoms with E-state index in [1.165, 1.54) is 12.1 Å². The molecule has 2 amide bonds. The molecule has 1 aromatic rings. The summed E-state index contributed by atoms with van der Waals surface area (Å²) in [4.78, 5) is 28.6. The van der Waals surface area contributed by atoms with E-state index in [1.807, 2.05) is 4.90 Å². The number of carbonyl (C=O) groups is 2. The van der Waals surface area contributed by atoms with Crippen LogP contribution in [0.25, 0.3) is 0 Å². The molecule has 0 unspecified atom stereocenters. The van der Waals surface area contributed by atoms with Crippen LogP contribution in [-0.2, 0) is 14.8 Å². The quantitative estimate of drug-likeness (QED) is 0.574. The van der Waals surface area contributed by atoms with Gasteiger partial charge in [0.1, 0.15) is 0 Å². The molecule has 0 radical (unpaired) electrons. The molecule has 0 bridgehead atoms. The average molecular weight is 423 g/mol. The molecular formula is C20H30N4O4S. The Morgan fingerprint density at radius 2 is 1.86 bits per heavy atom.